The summed E-state index contributed by atoms with van der Waals surface area (Å²) in [5.74, 6) is 0.684. The van der Waals surface area contributed by atoms with E-state index in [9.17, 15) is 9.59 Å². The molecule has 140 valence electrons. The Hall–Kier alpha value is -2.71. The van der Waals surface area contributed by atoms with Gasteiger partial charge in [0.25, 0.3) is 5.56 Å². The van der Waals surface area contributed by atoms with Crippen LogP contribution in [-0.4, -0.2) is 50.4 Å². The van der Waals surface area contributed by atoms with E-state index in [4.69, 9.17) is 4.52 Å². The summed E-state index contributed by atoms with van der Waals surface area (Å²) in [6.07, 6.45) is 5.15. The molecular formula is C17H24N6O3. The summed E-state index contributed by atoms with van der Waals surface area (Å²) in [6, 6.07) is 1.56. The van der Waals surface area contributed by atoms with E-state index in [-0.39, 0.29) is 24.6 Å². The molecule has 26 heavy (non-hydrogen) atoms. The van der Waals surface area contributed by atoms with E-state index in [1.807, 2.05) is 6.92 Å². The van der Waals surface area contributed by atoms with E-state index in [2.05, 4.69) is 20.1 Å². The van der Waals surface area contributed by atoms with Crippen LogP contribution in [0.15, 0.2) is 21.6 Å². The van der Waals surface area contributed by atoms with Crippen LogP contribution in [0.2, 0.25) is 0 Å². The third-order valence-electron chi connectivity index (χ3n) is 4.50. The molecule has 0 bridgehead atoms. The van der Waals surface area contributed by atoms with Gasteiger partial charge in [-0.15, -0.1) is 0 Å². The third kappa shape index (κ3) is 4.27. The molecule has 1 aliphatic heterocycles. The number of anilines is 1. The number of aryl methyl sites for hydroxylation is 1. The highest BCUT2D eigenvalue weighted by molar-refractivity contribution is 5.75. The first-order chi connectivity index (χ1) is 12.6. The summed E-state index contributed by atoms with van der Waals surface area (Å²) in [6.45, 7) is 6.06. The van der Waals surface area contributed by atoms with Crippen LogP contribution in [0.25, 0.3) is 0 Å². The van der Waals surface area contributed by atoms with E-state index >= 15 is 0 Å². The zero-order chi connectivity index (χ0) is 18.5. The Labute approximate surface area is 151 Å². The Morgan fingerprint density at radius 2 is 2.08 bits per heavy atom. The fourth-order valence-electron chi connectivity index (χ4n) is 3.05. The molecule has 0 unspecified atom stereocenters. The lowest BCUT2D eigenvalue weighted by atomic mass is 10.1. The molecule has 0 aliphatic carbocycles. The van der Waals surface area contributed by atoms with Gasteiger partial charge in [0, 0.05) is 32.6 Å². The second kappa shape index (κ2) is 8.11. The van der Waals surface area contributed by atoms with Crippen LogP contribution in [0, 0.1) is 6.92 Å². The topological polar surface area (TPSA) is 97.4 Å². The average molecular weight is 360 g/mol. The van der Waals surface area contributed by atoms with Crippen LogP contribution in [-0.2, 0) is 17.9 Å². The number of carbonyl (C=O) groups is 1. The van der Waals surface area contributed by atoms with Gasteiger partial charge in [0.1, 0.15) is 6.54 Å². The quantitative estimate of drug-likeness (QED) is 0.757. The van der Waals surface area contributed by atoms with Gasteiger partial charge in [0.15, 0.2) is 5.82 Å². The van der Waals surface area contributed by atoms with Crippen molar-refractivity contribution in [2.24, 2.45) is 0 Å². The smallest absolute Gasteiger partial charge is 0.269 e. The van der Waals surface area contributed by atoms with Gasteiger partial charge >= 0.3 is 0 Å². The molecular weight excluding hydrogens is 336 g/mol. The zero-order valence-electron chi connectivity index (χ0n) is 15.2. The van der Waals surface area contributed by atoms with Crippen molar-refractivity contribution >= 4 is 11.6 Å². The second-order valence-corrected chi connectivity index (χ2v) is 6.39. The number of hydrogen-bond acceptors (Lipinski definition) is 7. The minimum atomic E-state index is -0.270. The number of rotatable bonds is 6. The molecule has 1 aliphatic rings. The lowest BCUT2D eigenvalue weighted by molar-refractivity contribution is -0.132. The van der Waals surface area contributed by atoms with Crippen molar-refractivity contribution < 1.29 is 9.32 Å². The summed E-state index contributed by atoms with van der Waals surface area (Å²) in [5, 5.41) is 7.99. The minimum absolute atomic E-state index is 0.107. The van der Waals surface area contributed by atoms with Gasteiger partial charge in [-0.2, -0.15) is 10.1 Å². The molecule has 1 fully saturated rings. The maximum absolute atomic E-state index is 12.5. The van der Waals surface area contributed by atoms with Gasteiger partial charge in [-0.25, -0.2) is 4.68 Å². The molecule has 9 heteroatoms. The summed E-state index contributed by atoms with van der Waals surface area (Å²) in [4.78, 5) is 32.7. The molecule has 9 nitrogen and oxygen atoms in total. The average Bonchev–Trinajstić information content (AvgIpc) is 3.07. The number of likely N-dealkylation sites (N-methyl/N-ethyl adjacent to an activating group) is 1. The lowest BCUT2D eigenvalue weighted by Crippen LogP contribution is -2.37. The van der Waals surface area contributed by atoms with Crippen LogP contribution in [0.4, 0.5) is 5.69 Å². The first kappa shape index (κ1) is 18.1. The van der Waals surface area contributed by atoms with Crippen molar-refractivity contribution in [1.29, 1.82) is 0 Å². The molecule has 1 amide bonds. The van der Waals surface area contributed by atoms with Gasteiger partial charge in [0.2, 0.25) is 11.8 Å². The van der Waals surface area contributed by atoms with Gasteiger partial charge in [-0.1, -0.05) is 5.16 Å². The van der Waals surface area contributed by atoms with Gasteiger partial charge in [0.05, 0.1) is 18.4 Å². The summed E-state index contributed by atoms with van der Waals surface area (Å²) in [7, 11) is 0. The molecule has 2 aromatic heterocycles. The molecule has 3 rings (SSSR count). The summed E-state index contributed by atoms with van der Waals surface area (Å²) in [5.41, 5.74) is 0.556. The second-order valence-electron chi connectivity index (χ2n) is 6.39. The Morgan fingerprint density at radius 1 is 1.31 bits per heavy atom. The predicted molar refractivity (Wildman–Crippen MR) is 94.7 cm³/mol. The lowest BCUT2D eigenvalue weighted by Gasteiger charge is -2.28. The molecule has 3 heterocycles. The Bertz CT molecular complexity index is 809. The van der Waals surface area contributed by atoms with E-state index in [0.29, 0.717) is 18.3 Å². The highest BCUT2D eigenvalue weighted by Gasteiger charge is 2.18. The Kier molecular flexibility index (Phi) is 5.65. The summed E-state index contributed by atoms with van der Waals surface area (Å²) >= 11 is 0. The fraction of sp³-hybridized carbons (Fsp3) is 0.588. The highest BCUT2D eigenvalue weighted by Crippen LogP contribution is 2.16. The first-order valence-corrected chi connectivity index (χ1v) is 8.96. The van der Waals surface area contributed by atoms with Crippen molar-refractivity contribution in [2.45, 2.75) is 46.2 Å². The maximum atomic E-state index is 12.5. The number of nitrogens with zero attached hydrogens (tertiary/aromatic N) is 6. The number of carbonyl (C=O) groups excluding carboxylic acids is 1. The summed E-state index contributed by atoms with van der Waals surface area (Å²) < 4.78 is 6.12. The number of piperidine rings is 1. The fourth-order valence-corrected chi connectivity index (χ4v) is 3.05. The monoisotopic (exact) mass is 360 g/mol. The highest BCUT2D eigenvalue weighted by atomic mass is 16.5. The van der Waals surface area contributed by atoms with Crippen LogP contribution in [0.5, 0.6) is 0 Å². The number of amides is 1. The Morgan fingerprint density at radius 3 is 2.69 bits per heavy atom. The minimum Gasteiger partial charge on any atom is -0.370 e. The molecule has 2 aromatic rings. The van der Waals surface area contributed by atoms with Gasteiger partial charge in [-0.05, 0) is 26.2 Å². The molecule has 0 atom stereocenters. The first-order valence-electron chi connectivity index (χ1n) is 8.96. The molecule has 0 spiro atoms. The van der Waals surface area contributed by atoms with E-state index < -0.39 is 0 Å². The van der Waals surface area contributed by atoms with Crippen LogP contribution in [0.3, 0.4) is 0 Å². The van der Waals surface area contributed by atoms with Crippen molar-refractivity contribution in [3.8, 4) is 0 Å². The largest absolute Gasteiger partial charge is 0.370 e. The molecule has 0 aromatic carbocycles. The number of aromatic nitrogens is 4. The third-order valence-corrected chi connectivity index (χ3v) is 4.50. The van der Waals surface area contributed by atoms with Crippen LogP contribution >= 0.6 is 0 Å². The Balaban J connectivity index is 1.66. The molecule has 1 saturated heterocycles. The van der Waals surface area contributed by atoms with Crippen molar-refractivity contribution in [2.75, 3.05) is 24.5 Å². The van der Waals surface area contributed by atoms with Gasteiger partial charge in [-0.3, -0.25) is 9.59 Å². The SMILES string of the molecule is CCN(Cc1noc(C)n1)C(=O)Cn1ncc(N2CCCCC2)cc1=O. The van der Waals surface area contributed by atoms with Crippen molar-refractivity contribution in [1.82, 2.24) is 24.8 Å². The standard InChI is InChI=1S/C17H24N6O3/c1-3-21(11-15-19-13(2)26-20-15)17(25)12-23-16(24)9-14(10-18-23)22-7-5-4-6-8-22/h9-10H,3-8,11-12H2,1-2H3. The molecule has 0 saturated carbocycles. The number of hydrogen-bond donors (Lipinski definition) is 0. The van der Waals surface area contributed by atoms with Crippen LogP contribution < -0.4 is 10.5 Å². The molecule has 0 N–H and O–H groups in total. The molecule has 0 radical (unpaired) electrons. The van der Waals surface area contributed by atoms with Crippen molar-refractivity contribution in [3.05, 3.63) is 34.3 Å². The van der Waals surface area contributed by atoms with Crippen molar-refractivity contribution in [3.63, 3.8) is 0 Å². The van der Waals surface area contributed by atoms with Gasteiger partial charge < -0.3 is 14.3 Å². The normalized spacial score (nSPS) is 14.5. The zero-order valence-corrected chi connectivity index (χ0v) is 15.2. The van der Waals surface area contributed by atoms with E-state index in [0.717, 1.165) is 31.6 Å². The maximum Gasteiger partial charge on any atom is 0.269 e. The van der Waals surface area contributed by atoms with Crippen LogP contribution in [0.1, 0.15) is 37.9 Å². The van der Waals surface area contributed by atoms with E-state index in [1.54, 1.807) is 24.1 Å². The van der Waals surface area contributed by atoms with E-state index in [1.165, 1.54) is 11.1 Å². The predicted octanol–water partition coefficient (Wildman–Crippen LogP) is 0.974.